The molecule has 1 aromatic heterocycles. The molecule has 0 unspecified atom stereocenters. The molecule has 2 aromatic rings. The van der Waals surface area contributed by atoms with Crippen molar-refractivity contribution >= 4 is 11.4 Å². The van der Waals surface area contributed by atoms with Gasteiger partial charge >= 0.3 is 5.69 Å². The molecular formula is C12H15N5O3. The van der Waals surface area contributed by atoms with E-state index < -0.39 is 4.92 Å². The van der Waals surface area contributed by atoms with Crippen LogP contribution >= 0.6 is 0 Å². The number of nitrogens with one attached hydrogen (secondary N) is 1. The molecule has 0 radical (unpaired) electrons. The second kappa shape index (κ2) is 5.55. The number of nitro benzene ring substituents is 1. The van der Waals surface area contributed by atoms with Crippen LogP contribution in [0.15, 0.2) is 29.3 Å². The second-order valence-corrected chi connectivity index (χ2v) is 4.31. The highest BCUT2D eigenvalue weighted by Crippen LogP contribution is 2.22. The van der Waals surface area contributed by atoms with Crippen molar-refractivity contribution in [1.82, 2.24) is 14.3 Å². The van der Waals surface area contributed by atoms with Gasteiger partial charge in [0.2, 0.25) is 0 Å². The van der Waals surface area contributed by atoms with Gasteiger partial charge in [0.05, 0.1) is 11.5 Å². The molecule has 106 valence electrons. The average molecular weight is 277 g/mol. The quantitative estimate of drug-likeness (QED) is 0.649. The third-order valence-electron chi connectivity index (χ3n) is 2.87. The minimum atomic E-state index is -0.458. The molecule has 0 fully saturated rings. The fourth-order valence-corrected chi connectivity index (χ4v) is 1.88. The molecule has 0 amide bonds. The lowest BCUT2D eigenvalue weighted by atomic mass is 10.1. The van der Waals surface area contributed by atoms with Gasteiger partial charge in [-0.25, -0.2) is 9.48 Å². The van der Waals surface area contributed by atoms with E-state index in [1.807, 2.05) is 6.92 Å². The Labute approximate surface area is 114 Å². The summed E-state index contributed by atoms with van der Waals surface area (Å²) >= 11 is 0. The minimum Gasteiger partial charge on any atom is -0.385 e. The summed E-state index contributed by atoms with van der Waals surface area (Å²) in [6, 6.07) is 4.53. The molecule has 20 heavy (non-hydrogen) atoms. The fraction of sp³-hybridized carbons (Fsp3) is 0.333. The third kappa shape index (κ3) is 2.68. The van der Waals surface area contributed by atoms with Crippen molar-refractivity contribution in [2.75, 3.05) is 11.9 Å². The van der Waals surface area contributed by atoms with E-state index >= 15 is 0 Å². The van der Waals surface area contributed by atoms with E-state index in [-0.39, 0.29) is 17.9 Å². The first kappa shape index (κ1) is 13.8. The summed E-state index contributed by atoms with van der Waals surface area (Å²) in [5, 5.41) is 17.9. The highest BCUT2D eigenvalue weighted by atomic mass is 16.6. The van der Waals surface area contributed by atoms with Crippen LogP contribution in [0.2, 0.25) is 0 Å². The van der Waals surface area contributed by atoms with E-state index in [1.54, 1.807) is 13.1 Å². The van der Waals surface area contributed by atoms with Crippen molar-refractivity contribution in [2.45, 2.75) is 13.5 Å². The standard InChI is InChI=1S/C12H15N5O3/c1-3-13-11-5-4-10(17(19)20)6-9(11)7-16-12(18)15(2)8-14-16/h4-6,8,13H,3,7H2,1-2H3. The Kier molecular flexibility index (Phi) is 3.83. The number of hydrogen-bond donors (Lipinski definition) is 1. The number of anilines is 1. The van der Waals surface area contributed by atoms with Crippen LogP contribution in [0.25, 0.3) is 0 Å². The smallest absolute Gasteiger partial charge is 0.345 e. The lowest BCUT2D eigenvalue weighted by Gasteiger charge is -2.10. The van der Waals surface area contributed by atoms with Crippen LogP contribution in [0.1, 0.15) is 12.5 Å². The van der Waals surface area contributed by atoms with E-state index in [9.17, 15) is 14.9 Å². The summed E-state index contributed by atoms with van der Waals surface area (Å²) in [6.07, 6.45) is 1.41. The molecule has 0 saturated carbocycles. The first-order valence-corrected chi connectivity index (χ1v) is 6.12. The molecular weight excluding hydrogens is 262 g/mol. The molecule has 0 atom stereocenters. The summed E-state index contributed by atoms with van der Waals surface area (Å²) in [6.45, 7) is 2.80. The summed E-state index contributed by atoms with van der Waals surface area (Å²) in [5.41, 5.74) is 1.14. The normalized spacial score (nSPS) is 10.5. The van der Waals surface area contributed by atoms with Gasteiger partial charge in [-0.3, -0.25) is 14.7 Å². The highest BCUT2D eigenvalue weighted by molar-refractivity contribution is 5.56. The maximum Gasteiger partial charge on any atom is 0.345 e. The Morgan fingerprint density at radius 3 is 2.75 bits per heavy atom. The summed E-state index contributed by atoms with van der Waals surface area (Å²) in [4.78, 5) is 22.2. The van der Waals surface area contributed by atoms with Gasteiger partial charge in [-0.15, -0.1) is 0 Å². The lowest BCUT2D eigenvalue weighted by Crippen LogP contribution is -2.23. The Morgan fingerprint density at radius 1 is 1.45 bits per heavy atom. The molecule has 0 aliphatic heterocycles. The molecule has 0 aliphatic carbocycles. The molecule has 0 bridgehead atoms. The van der Waals surface area contributed by atoms with Crippen molar-refractivity contribution < 1.29 is 4.92 Å². The largest absolute Gasteiger partial charge is 0.385 e. The highest BCUT2D eigenvalue weighted by Gasteiger charge is 2.12. The van der Waals surface area contributed by atoms with Gasteiger partial charge in [-0.1, -0.05) is 0 Å². The van der Waals surface area contributed by atoms with Crippen LogP contribution in [0.3, 0.4) is 0 Å². The van der Waals surface area contributed by atoms with Gasteiger partial charge in [0.25, 0.3) is 5.69 Å². The van der Waals surface area contributed by atoms with E-state index in [1.165, 1.54) is 27.7 Å². The topological polar surface area (TPSA) is 95.0 Å². The number of aromatic nitrogens is 3. The molecule has 1 aromatic carbocycles. The lowest BCUT2D eigenvalue weighted by molar-refractivity contribution is -0.384. The summed E-state index contributed by atoms with van der Waals surface area (Å²) < 4.78 is 2.62. The van der Waals surface area contributed by atoms with Crippen LogP contribution in [0, 0.1) is 10.1 Å². The van der Waals surface area contributed by atoms with Crippen molar-refractivity contribution in [3.8, 4) is 0 Å². The van der Waals surface area contributed by atoms with Gasteiger partial charge in [-0.05, 0) is 13.0 Å². The molecule has 0 aliphatic rings. The predicted molar refractivity (Wildman–Crippen MR) is 73.8 cm³/mol. The van der Waals surface area contributed by atoms with Crippen molar-refractivity contribution in [2.24, 2.45) is 7.05 Å². The van der Waals surface area contributed by atoms with Gasteiger partial charge < -0.3 is 5.32 Å². The molecule has 1 heterocycles. The van der Waals surface area contributed by atoms with Gasteiger partial charge in [-0.2, -0.15) is 5.10 Å². The fourth-order valence-electron chi connectivity index (χ4n) is 1.88. The van der Waals surface area contributed by atoms with Crippen molar-refractivity contribution in [1.29, 1.82) is 0 Å². The number of aryl methyl sites for hydroxylation is 1. The first-order valence-electron chi connectivity index (χ1n) is 6.12. The van der Waals surface area contributed by atoms with E-state index in [0.29, 0.717) is 12.1 Å². The zero-order valence-corrected chi connectivity index (χ0v) is 11.2. The number of nitrogens with zero attached hydrogens (tertiary/aromatic N) is 4. The molecule has 2 rings (SSSR count). The Morgan fingerprint density at radius 2 is 2.20 bits per heavy atom. The minimum absolute atomic E-state index is 0.00867. The number of hydrogen-bond acceptors (Lipinski definition) is 5. The van der Waals surface area contributed by atoms with Crippen molar-refractivity contribution in [3.63, 3.8) is 0 Å². The molecule has 0 spiro atoms. The van der Waals surface area contributed by atoms with E-state index in [0.717, 1.165) is 5.69 Å². The number of nitro groups is 1. The number of non-ortho nitro benzene ring substituents is 1. The van der Waals surface area contributed by atoms with Crippen LogP contribution in [0.5, 0.6) is 0 Å². The molecule has 1 N–H and O–H groups in total. The van der Waals surface area contributed by atoms with Crippen LogP contribution < -0.4 is 11.0 Å². The number of rotatable bonds is 5. The zero-order chi connectivity index (χ0) is 14.7. The Hall–Kier alpha value is -2.64. The maximum absolute atomic E-state index is 11.8. The summed E-state index contributed by atoms with van der Waals surface area (Å²) in [7, 11) is 1.60. The molecule has 8 nitrogen and oxygen atoms in total. The first-order chi connectivity index (χ1) is 9.52. The summed E-state index contributed by atoms with van der Waals surface area (Å²) in [5.74, 6) is 0. The Bertz CT molecular complexity index is 689. The van der Waals surface area contributed by atoms with Crippen LogP contribution in [-0.2, 0) is 13.6 Å². The second-order valence-electron chi connectivity index (χ2n) is 4.31. The third-order valence-corrected chi connectivity index (χ3v) is 2.87. The van der Waals surface area contributed by atoms with Crippen LogP contribution in [0.4, 0.5) is 11.4 Å². The van der Waals surface area contributed by atoms with Gasteiger partial charge in [0, 0.05) is 37.0 Å². The van der Waals surface area contributed by atoms with E-state index in [4.69, 9.17) is 0 Å². The molecule has 8 heteroatoms. The van der Waals surface area contributed by atoms with Gasteiger partial charge in [0.15, 0.2) is 0 Å². The van der Waals surface area contributed by atoms with E-state index in [2.05, 4.69) is 10.4 Å². The van der Waals surface area contributed by atoms with Crippen LogP contribution in [-0.4, -0.2) is 25.8 Å². The molecule has 0 saturated heterocycles. The zero-order valence-electron chi connectivity index (χ0n) is 11.2. The van der Waals surface area contributed by atoms with Gasteiger partial charge in [0.1, 0.15) is 6.33 Å². The average Bonchev–Trinajstić information content (AvgIpc) is 2.73. The monoisotopic (exact) mass is 277 g/mol. The SMILES string of the molecule is CCNc1ccc([N+](=O)[O-])cc1Cn1ncn(C)c1=O. The Balaban J connectivity index is 2.41. The maximum atomic E-state index is 11.8. The number of benzene rings is 1. The van der Waals surface area contributed by atoms with Crippen molar-refractivity contribution in [3.05, 3.63) is 50.7 Å². The predicted octanol–water partition coefficient (Wildman–Crippen LogP) is 0.970.